The minimum Gasteiger partial charge on any atom is -0.496 e. The highest BCUT2D eigenvalue weighted by atomic mass is 16.5. The van der Waals surface area contributed by atoms with E-state index < -0.39 is 0 Å². The first kappa shape index (κ1) is 15.3. The SMILES string of the molecule is CCN1CCC(CNC(C)c2cc(C)ccc2OC)C1. The predicted molar refractivity (Wildman–Crippen MR) is 84.4 cm³/mol. The number of aryl methyl sites for hydroxylation is 1. The fraction of sp³-hybridized carbons (Fsp3) is 0.647. The van der Waals surface area contributed by atoms with Crippen LogP contribution in [0.3, 0.4) is 0 Å². The van der Waals surface area contributed by atoms with Crippen molar-refractivity contribution >= 4 is 0 Å². The van der Waals surface area contributed by atoms with Crippen LogP contribution in [0.25, 0.3) is 0 Å². The van der Waals surface area contributed by atoms with E-state index >= 15 is 0 Å². The van der Waals surface area contributed by atoms with Gasteiger partial charge in [0.05, 0.1) is 7.11 Å². The molecule has 1 aromatic rings. The molecule has 1 N–H and O–H groups in total. The third kappa shape index (κ3) is 3.74. The molecule has 2 rings (SSSR count). The molecule has 0 amide bonds. The Balaban J connectivity index is 1.92. The highest BCUT2D eigenvalue weighted by Gasteiger charge is 2.21. The quantitative estimate of drug-likeness (QED) is 0.864. The van der Waals surface area contributed by atoms with Gasteiger partial charge in [0.15, 0.2) is 0 Å². The molecule has 0 aliphatic carbocycles. The van der Waals surface area contributed by atoms with Crippen molar-refractivity contribution in [2.24, 2.45) is 5.92 Å². The minimum absolute atomic E-state index is 0.334. The Hall–Kier alpha value is -1.06. The summed E-state index contributed by atoms with van der Waals surface area (Å²) in [5.41, 5.74) is 2.55. The van der Waals surface area contributed by atoms with Gasteiger partial charge in [-0.1, -0.05) is 24.6 Å². The smallest absolute Gasteiger partial charge is 0.123 e. The highest BCUT2D eigenvalue weighted by molar-refractivity contribution is 5.38. The Morgan fingerprint density at radius 1 is 1.45 bits per heavy atom. The van der Waals surface area contributed by atoms with Crippen molar-refractivity contribution in [3.63, 3.8) is 0 Å². The third-order valence-corrected chi connectivity index (χ3v) is 4.38. The van der Waals surface area contributed by atoms with E-state index in [0.717, 1.165) is 18.2 Å². The summed E-state index contributed by atoms with van der Waals surface area (Å²) in [5.74, 6) is 1.77. The van der Waals surface area contributed by atoms with E-state index in [0.29, 0.717) is 6.04 Å². The molecular formula is C17H28N2O. The topological polar surface area (TPSA) is 24.5 Å². The maximum Gasteiger partial charge on any atom is 0.123 e. The summed E-state index contributed by atoms with van der Waals surface area (Å²) in [7, 11) is 1.75. The largest absolute Gasteiger partial charge is 0.496 e. The van der Waals surface area contributed by atoms with Crippen molar-refractivity contribution in [1.29, 1.82) is 0 Å². The number of rotatable bonds is 6. The van der Waals surface area contributed by atoms with Gasteiger partial charge in [0.1, 0.15) is 5.75 Å². The van der Waals surface area contributed by atoms with Gasteiger partial charge in [-0.05, 0) is 51.9 Å². The molecule has 20 heavy (non-hydrogen) atoms. The first-order valence-electron chi connectivity index (χ1n) is 7.74. The molecule has 0 radical (unpaired) electrons. The van der Waals surface area contributed by atoms with Crippen LogP contribution in [0, 0.1) is 12.8 Å². The van der Waals surface area contributed by atoms with Crippen LogP contribution in [-0.4, -0.2) is 38.2 Å². The van der Waals surface area contributed by atoms with Gasteiger partial charge >= 0.3 is 0 Å². The first-order chi connectivity index (χ1) is 9.63. The average molecular weight is 276 g/mol. The molecule has 1 aromatic carbocycles. The summed E-state index contributed by atoms with van der Waals surface area (Å²) in [4.78, 5) is 2.53. The number of nitrogens with one attached hydrogen (secondary N) is 1. The molecule has 112 valence electrons. The predicted octanol–water partition coefficient (Wildman–Crippen LogP) is 3.00. The van der Waals surface area contributed by atoms with Gasteiger partial charge in [-0.25, -0.2) is 0 Å². The second-order valence-electron chi connectivity index (χ2n) is 5.92. The van der Waals surface area contributed by atoms with Crippen LogP contribution in [0.5, 0.6) is 5.75 Å². The van der Waals surface area contributed by atoms with Crippen LogP contribution in [0.15, 0.2) is 18.2 Å². The van der Waals surface area contributed by atoms with Gasteiger partial charge in [-0.3, -0.25) is 0 Å². The normalized spacial score (nSPS) is 21.1. The van der Waals surface area contributed by atoms with Gasteiger partial charge in [0.25, 0.3) is 0 Å². The summed E-state index contributed by atoms with van der Waals surface area (Å²) in [6, 6.07) is 6.73. The Bertz CT molecular complexity index is 433. The van der Waals surface area contributed by atoms with Crippen molar-refractivity contribution in [3.05, 3.63) is 29.3 Å². The average Bonchev–Trinajstić information content (AvgIpc) is 2.92. The standard InChI is InChI=1S/C17H28N2O/c1-5-19-9-8-15(12-19)11-18-14(3)16-10-13(2)6-7-17(16)20-4/h6-7,10,14-15,18H,5,8-9,11-12H2,1-4H3. The van der Waals surface area contributed by atoms with Crippen LogP contribution in [-0.2, 0) is 0 Å². The fourth-order valence-corrected chi connectivity index (χ4v) is 3.01. The molecule has 0 aromatic heterocycles. The number of hydrogen-bond donors (Lipinski definition) is 1. The highest BCUT2D eigenvalue weighted by Crippen LogP contribution is 2.26. The van der Waals surface area contributed by atoms with Crippen LogP contribution in [0.1, 0.15) is 37.4 Å². The van der Waals surface area contributed by atoms with E-state index in [1.54, 1.807) is 7.11 Å². The second kappa shape index (κ2) is 7.09. The second-order valence-corrected chi connectivity index (χ2v) is 5.92. The Labute approximate surface area is 123 Å². The van der Waals surface area contributed by atoms with Crippen LogP contribution < -0.4 is 10.1 Å². The lowest BCUT2D eigenvalue weighted by molar-refractivity contribution is 0.335. The van der Waals surface area contributed by atoms with E-state index in [1.807, 2.05) is 0 Å². The van der Waals surface area contributed by atoms with Gasteiger partial charge in [-0.2, -0.15) is 0 Å². The number of nitrogens with zero attached hydrogens (tertiary/aromatic N) is 1. The summed E-state index contributed by atoms with van der Waals surface area (Å²) in [6.45, 7) is 11.4. The molecule has 1 aliphatic rings. The lowest BCUT2D eigenvalue weighted by atomic mass is 10.0. The minimum atomic E-state index is 0.334. The summed E-state index contributed by atoms with van der Waals surface area (Å²) >= 11 is 0. The summed E-state index contributed by atoms with van der Waals surface area (Å²) in [6.07, 6.45) is 1.32. The maximum atomic E-state index is 5.48. The Morgan fingerprint density at radius 2 is 2.25 bits per heavy atom. The number of methoxy groups -OCH3 is 1. The van der Waals surface area contributed by atoms with Gasteiger partial charge in [0, 0.05) is 18.2 Å². The molecule has 1 heterocycles. The molecular weight excluding hydrogens is 248 g/mol. The van der Waals surface area contributed by atoms with Crippen molar-refractivity contribution in [3.8, 4) is 5.75 Å². The van der Waals surface area contributed by atoms with Gasteiger partial charge < -0.3 is 15.0 Å². The molecule has 0 bridgehead atoms. The molecule has 1 saturated heterocycles. The monoisotopic (exact) mass is 276 g/mol. The molecule has 2 atom stereocenters. The number of likely N-dealkylation sites (tertiary alicyclic amines) is 1. The van der Waals surface area contributed by atoms with E-state index in [4.69, 9.17) is 4.74 Å². The van der Waals surface area contributed by atoms with Crippen molar-refractivity contribution in [2.45, 2.75) is 33.2 Å². The molecule has 3 nitrogen and oxygen atoms in total. The van der Waals surface area contributed by atoms with Crippen LogP contribution in [0.4, 0.5) is 0 Å². The van der Waals surface area contributed by atoms with Crippen LogP contribution in [0.2, 0.25) is 0 Å². The third-order valence-electron chi connectivity index (χ3n) is 4.38. The first-order valence-corrected chi connectivity index (χ1v) is 7.74. The molecule has 3 heteroatoms. The van der Waals surface area contributed by atoms with E-state index in [9.17, 15) is 0 Å². The molecule has 1 fully saturated rings. The van der Waals surface area contributed by atoms with Crippen molar-refractivity contribution < 1.29 is 4.74 Å². The lowest BCUT2D eigenvalue weighted by Gasteiger charge is -2.20. The van der Waals surface area contributed by atoms with Crippen molar-refractivity contribution in [1.82, 2.24) is 10.2 Å². The molecule has 2 unspecified atom stereocenters. The number of hydrogen-bond acceptors (Lipinski definition) is 3. The molecule has 0 saturated carbocycles. The van der Waals surface area contributed by atoms with E-state index in [1.165, 1.54) is 37.2 Å². The Kier molecular flexibility index (Phi) is 5.44. The zero-order chi connectivity index (χ0) is 14.5. The molecule has 0 spiro atoms. The van der Waals surface area contributed by atoms with E-state index in [2.05, 4.69) is 49.2 Å². The summed E-state index contributed by atoms with van der Waals surface area (Å²) in [5, 5.41) is 3.68. The molecule has 1 aliphatic heterocycles. The lowest BCUT2D eigenvalue weighted by Crippen LogP contribution is -2.28. The number of benzene rings is 1. The summed E-state index contributed by atoms with van der Waals surface area (Å²) < 4.78 is 5.48. The number of ether oxygens (including phenoxy) is 1. The van der Waals surface area contributed by atoms with E-state index in [-0.39, 0.29) is 0 Å². The van der Waals surface area contributed by atoms with Crippen LogP contribution >= 0.6 is 0 Å². The van der Waals surface area contributed by atoms with Gasteiger partial charge in [-0.15, -0.1) is 0 Å². The fourth-order valence-electron chi connectivity index (χ4n) is 3.01. The maximum absolute atomic E-state index is 5.48. The zero-order valence-corrected chi connectivity index (χ0v) is 13.3. The Morgan fingerprint density at radius 3 is 2.90 bits per heavy atom. The van der Waals surface area contributed by atoms with Crippen molar-refractivity contribution in [2.75, 3.05) is 33.3 Å². The van der Waals surface area contributed by atoms with Gasteiger partial charge in [0.2, 0.25) is 0 Å². The zero-order valence-electron chi connectivity index (χ0n) is 13.3.